The maximum absolute atomic E-state index is 4.73. The number of nitrogens with one attached hydrogen (secondary N) is 1. The maximum Gasteiger partial charge on any atom is 0.124 e. The molecule has 2 rings (SSSR count). The Morgan fingerprint density at radius 1 is 1.47 bits per heavy atom. The molecule has 0 saturated carbocycles. The van der Waals surface area contributed by atoms with Gasteiger partial charge in [0.1, 0.15) is 6.26 Å². The third-order valence-corrected chi connectivity index (χ3v) is 2.14. The van der Waals surface area contributed by atoms with Gasteiger partial charge in [0.2, 0.25) is 0 Å². The predicted octanol–water partition coefficient (Wildman–Crippen LogP) is 1.18. The van der Waals surface area contributed by atoms with Crippen LogP contribution < -0.4 is 5.32 Å². The molecule has 0 atom stereocenters. The minimum Gasteiger partial charge on any atom is -0.364 e. The van der Waals surface area contributed by atoms with Gasteiger partial charge in [0, 0.05) is 37.5 Å². The monoisotopic (exact) mass is 206 g/mol. The second-order valence-corrected chi connectivity index (χ2v) is 3.30. The van der Waals surface area contributed by atoms with Crippen molar-refractivity contribution in [3.63, 3.8) is 0 Å². The smallest absolute Gasteiger partial charge is 0.124 e. The first kappa shape index (κ1) is 9.92. The van der Waals surface area contributed by atoms with Crippen molar-refractivity contribution in [1.82, 2.24) is 20.3 Å². The molecule has 0 fully saturated rings. The standard InChI is InChI=1S/C10H14N4O/c1-2-14-8-9(6-12-14)5-11-7-10-3-4-15-13-10/h3-4,6,8,11H,2,5,7H2,1H3. The number of hydrogen-bond acceptors (Lipinski definition) is 4. The molecule has 0 spiro atoms. The van der Waals surface area contributed by atoms with Gasteiger partial charge in [-0.15, -0.1) is 0 Å². The first-order valence-corrected chi connectivity index (χ1v) is 5.00. The summed E-state index contributed by atoms with van der Waals surface area (Å²) in [5, 5.41) is 11.3. The topological polar surface area (TPSA) is 55.9 Å². The third kappa shape index (κ3) is 2.66. The number of hydrogen-bond donors (Lipinski definition) is 1. The van der Waals surface area contributed by atoms with Crippen LogP contribution in [0.2, 0.25) is 0 Å². The number of rotatable bonds is 5. The zero-order valence-corrected chi connectivity index (χ0v) is 8.68. The molecule has 2 aromatic rings. The normalized spacial score (nSPS) is 10.7. The Morgan fingerprint density at radius 2 is 2.40 bits per heavy atom. The zero-order chi connectivity index (χ0) is 10.5. The molecule has 0 amide bonds. The Labute approximate surface area is 88.1 Å². The van der Waals surface area contributed by atoms with E-state index >= 15 is 0 Å². The fraction of sp³-hybridized carbons (Fsp3) is 0.400. The molecule has 1 N–H and O–H groups in total. The van der Waals surface area contributed by atoms with Crippen LogP contribution >= 0.6 is 0 Å². The van der Waals surface area contributed by atoms with E-state index in [0.717, 1.165) is 18.8 Å². The first-order chi connectivity index (χ1) is 7.38. The van der Waals surface area contributed by atoms with Gasteiger partial charge in [0.15, 0.2) is 0 Å². The molecule has 80 valence electrons. The summed E-state index contributed by atoms with van der Waals surface area (Å²) in [5.74, 6) is 0. The first-order valence-electron chi connectivity index (χ1n) is 5.00. The van der Waals surface area contributed by atoms with E-state index in [9.17, 15) is 0 Å². The molecular weight excluding hydrogens is 192 g/mol. The van der Waals surface area contributed by atoms with Gasteiger partial charge in [-0.05, 0) is 6.92 Å². The highest BCUT2D eigenvalue weighted by atomic mass is 16.5. The van der Waals surface area contributed by atoms with Crippen LogP contribution in [0.5, 0.6) is 0 Å². The molecule has 0 aliphatic heterocycles. The van der Waals surface area contributed by atoms with Gasteiger partial charge in [-0.25, -0.2) is 0 Å². The summed E-state index contributed by atoms with van der Waals surface area (Å²) < 4.78 is 6.64. The second-order valence-electron chi connectivity index (χ2n) is 3.30. The average Bonchev–Trinajstić information content (AvgIpc) is 2.88. The largest absolute Gasteiger partial charge is 0.364 e. The lowest BCUT2D eigenvalue weighted by atomic mass is 10.3. The van der Waals surface area contributed by atoms with Gasteiger partial charge in [-0.2, -0.15) is 5.10 Å². The van der Waals surface area contributed by atoms with Crippen LogP contribution in [-0.4, -0.2) is 14.9 Å². The van der Waals surface area contributed by atoms with E-state index in [2.05, 4.69) is 22.5 Å². The van der Waals surface area contributed by atoms with Crippen molar-refractivity contribution in [3.8, 4) is 0 Å². The molecule has 0 unspecified atom stereocenters. The SMILES string of the molecule is CCn1cc(CNCc2ccon2)cn1. The summed E-state index contributed by atoms with van der Waals surface area (Å²) in [6, 6.07) is 1.85. The van der Waals surface area contributed by atoms with Crippen molar-refractivity contribution < 1.29 is 4.52 Å². The average molecular weight is 206 g/mol. The van der Waals surface area contributed by atoms with Crippen LogP contribution in [0.3, 0.4) is 0 Å². The molecule has 2 heterocycles. The Hall–Kier alpha value is -1.62. The predicted molar refractivity (Wildman–Crippen MR) is 54.9 cm³/mol. The number of aryl methyl sites for hydroxylation is 1. The molecule has 5 nitrogen and oxygen atoms in total. The molecule has 0 aliphatic carbocycles. The van der Waals surface area contributed by atoms with E-state index < -0.39 is 0 Å². The van der Waals surface area contributed by atoms with Crippen LogP contribution in [0.4, 0.5) is 0 Å². The minimum absolute atomic E-state index is 0.716. The highest BCUT2D eigenvalue weighted by molar-refractivity contribution is 5.04. The molecule has 0 radical (unpaired) electrons. The number of nitrogens with zero attached hydrogens (tertiary/aromatic N) is 3. The van der Waals surface area contributed by atoms with Crippen LogP contribution in [0.15, 0.2) is 29.2 Å². The van der Waals surface area contributed by atoms with Crippen LogP contribution in [0.1, 0.15) is 18.2 Å². The lowest BCUT2D eigenvalue weighted by Crippen LogP contribution is -2.12. The van der Waals surface area contributed by atoms with Crippen LogP contribution in [0, 0.1) is 0 Å². The molecule has 0 saturated heterocycles. The van der Waals surface area contributed by atoms with Gasteiger partial charge in [-0.3, -0.25) is 4.68 Å². The summed E-state index contributed by atoms with van der Waals surface area (Å²) in [6.07, 6.45) is 5.49. The van der Waals surface area contributed by atoms with E-state index in [1.54, 1.807) is 6.26 Å². The minimum atomic E-state index is 0.716. The highest BCUT2D eigenvalue weighted by Gasteiger charge is 1.98. The zero-order valence-electron chi connectivity index (χ0n) is 8.68. The van der Waals surface area contributed by atoms with Crippen molar-refractivity contribution in [3.05, 3.63) is 36.0 Å². The van der Waals surface area contributed by atoms with E-state index in [4.69, 9.17) is 4.52 Å². The summed E-state index contributed by atoms with van der Waals surface area (Å²) >= 11 is 0. The van der Waals surface area contributed by atoms with E-state index in [-0.39, 0.29) is 0 Å². The van der Waals surface area contributed by atoms with Crippen LogP contribution in [0.25, 0.3) is 0 Å². The third-order valence-electron chi connectivity index (χ3n) is 2.14. The molecule has 0 aliphatic rings. The van der Waals surface area contributed by atoms with Gasteiger partial charge in [0.25, 0.3) is 0 Å². The molecule has 0 aromatic carbocycles. The van der Waals surface area contributed by atoms with E-state index in [0.29, 0.717) is 6.54 Å². The maximum atomic E-state index is 4.73. The summed E-state index contributed by atoms with van der Waals surface area (Å²) in [7, 11) is 0. The molecule has 15 heavy (non-hydrogen) atoms. The van der Waals surface area contributed by atoms with Gasteiger partial charge in [0.05, 0.1) is 11.9 Å². The second kappa shape index (κ2) is 4.75. The Kier molecular flexibility index (Phi) is 3.14. The summed E-state index contributed by atoms with van der Waals surface area (Å²) in [6.45, 7) is 4.49. The fourth-order valence-corrected chi connectivity index (χ4v) is 1.33. The van der Waals surface area contributed by atoms with Gasteiger partial charge >= 0.3 is 0 Å². The Balaban J connectivity index is 1.78. The molecular formula is C10H14N4O. The highest BCUT2D eigenvalue weighted by Crippen LogP contribution is 1.98. The summed E-state index contributed by atoms with van der Waals surface area (Å²) in [4.78, 5) is 0. The van der Waals surface area contributed by atoms with Gasteiger partial charge in [-0.1, -0.05) is 5.16 Å². The lowest BCUT2D eigenvalue weighted by Gasteiger charge is -1.98. The number of aromatic nitrogens is 3. The van der Waals surface area contributed by atoms with Crippen molar-refractivity contribution in [2.24, 2.45) is 0 Å². The van der Waals surface area contributed by atoms with E-state index in [1.807, 2.05) is 23.1 Å². The van der Waals surface area contributed by atoms with Crippen LogP contribution in [-0.2, 0) is 19.6 Å². The van der Waals surface area contributed by atoms with Crippen molar-refractivity contribution >= 4 is 0 Å². The quantitative estimate of drug-likeness (QED) is 0.798. The molecule has 2 aromatic heterocycles. The van der Waals surface area contributed by atoms with Gasteiger partial charge < -0.3 is 9.84 Å². The van der Waals surface area contributed by atoms with E-state index in [1.165, 1.54) is 5.56 Å². The Morgan fingerprint density at radius 3 is 3.07 bits per heavy atom. The van der Waals surface area contributed by atoms with Crippen molar-refractivity contribution in [1.29, 1.82) is 0 Å². The van der Waals surface area contributed by atoms with Crippen molar-refractivity contribution in [2.75, 3.05) is 0 Å². The fourth-order valence-electron chi connectivity index (χ4n) is 1.33. The molecule has 0 bridgehead atoms. The summed E-state index contributed by atoms with van der Waals surface area (Å²) in [5.41, 5.74) is 2.10. The Bertz CT molecular complexity index is 393. The molecule has 5 heteroatoms. The van der Waals surface area contributed by atoms with Crippen molar-refractivity contribution in [2.45, 2.75) is 26.6 Å². The lowest BCUT2D eigenvalue weighted by molar-refractivity contribution is 0.408.